The number of nitrogens with zero attached hydrogens (tertiary/aromatic N) is 2. The smallest absolute Gasteiger partial charge is 0 e. The van der Waals surface area contributed by atoms with Crippen LogP contribution >= 0.6 is 7.81 Å². The second kappa shape index (κ2) is 18.8. The second-order valence-electron chi connectivity index (χ2n) is 18.1. The predicted molar refractivity (Wildman–Crippen MR) is 235 cm³/mol. The summed E-state index contributed by atoms with van der Waals surface area (Å²) in [6.07, 6.45) is 9.61. The van der Waals surface area contributed by atoms with Crippen molar-refractivity contribution in [2.24, 2.45) is 9.98 Å². The molecule has 0 aliphatic heterocycles. The van der Waals surface area contributed by atoms with Crippen LogP contribution in [0.4, 0.5) is 25.2 Å². The number of aliphatic imine (C=N–C) groups is 2. The van der Waals surface area contributed by atoms with Crippen LogP contribution in [0.5, 0.6) is 11.5 Å². The van der Waals surface area contributed by atoms with Gasteiger partial charge in [-0.2, -0.15) is 0 Å². The molecule has 5 rings (SSSR count). The van der Waals surface area contributed by atoms with Crippen LogP contribution in [0.15, 0.2) is 82.8 Å². The molecular weight excluding hydrogens is 836 g/mol. The number of aromatic hydroxyl groups is 2. The van der Waals surface area contributed by atoms with Crippen LogP contribution < -0.4 is 0 Å². The second-order valence-corrected chi connectivity index (χ2v) is 20.0. The molecule has 4 nitrogen and oxygen atoms in total. The van der Waals surface area contributed by atoms with Crippen molar-refractivity contribution in [3.05, 3.63) is 128 Å². The summed E-state index contributed by atoms with van der Waals surface area (Å²) >= 11 is 0. The van der Waals surface area contributed by atoms with Crippen molar-refractivity contribution in [3.8, 4) is 11.5 Å². The molecule has 0 saturated heterocycles. The minimum absolute atomic E-state index is 0. The van der Waals surface area contributed by atoms with Crippen molar-refractivity contribution in [2.45, 2.75) is 143 Å². The number of phenolic OH excluding ortho intramolecular Hbond substituents is 2. The van der Waals surface area contributed by atoms with Gasteiger partial charge in [-0.1, -0.05) is 129 Å². The molecule has 0 spiro atoms. The van der Waals surface area contributed by atoms with Gasteiger partial charge in [-0.05, 0) is 95.9 Å². The van der Waals surface area contributed by atoms with Crippen molar-refractivity contribution in [1.29, 1.82) is 0 Å². The molecule has 4 aromatic carbocycles. The maximum Gasteiger partial charge on any atom is 0 e. The molecule has 0 unspecified atom stereocenters. The van der Waals surface area contributed by atoms with E-state index in [1.165, 1.54) is 22.3 Å². The fourth-order valence-corrected chi connectivity index (χ4v) is 7.97. The summed E-state index contributed by atoms with van der Waals surface area (Å²) in [5.41, 5.74) is 10.9. The van der Waals surface area contributed by atoms with E-state index in [9.17, 15) is 35.4 Å². The number of phenols is 2. The first-order valence-corrected chi connectivity index (χ1v) is 22.6. The molecule has 1 fully saturated rings. The van der Waals surface area contributed by atoms with Crippen LogP contribution in [0.2, 0.25) is 0 Å². The zero-order valence-electron chi connectivity index (χ0n) is 36.5. The van der Waals surface area contributed by atoms with Crippen LogP contribution in [-0.4, -0.2) is 34.7 Å². The van der Waals surface area contributed by atoms with Gasteiger partial charge in [0.05, 0.1) is 12.1 Å². The van der Waals surface area contributed by atoms with Gasteiger partial charge in [0.15, 0.2) is 0 Å². The zero-order valence-corrected chi connectivity index (χ0v) is 38.6. The SMILES string of the molecule is CC[C@H](c1ccc(C(C)(C)C)cc1)c1c(C)ccc(C=N[C@H]2CCCC[C@@H]2N=Cc2ccc(C)c([C@@H](CC)c3ccc(C(C)(C)C)cc3)c2O)c1O.F[P-](F)(F)(F)(F)F.[Mn]. The molecule has 2 N–H and O–H groups in total. The number of rotatable bonds is 10. The molecule has 4 aromatic rings. The standard InChI is InChI=1S/C48H62N2O2.F6P.Mn/c1-11-39(33-21-25-37(26-22-33)47(5,6)7)43-31(3)17-19-35(45(43)51)29-49-41-15-13-14-16-42(41)50-30-36-20-18-32(4)44(46(36)52)40(12-2)34-23-27-38(28-24-34)48(8,9)10;1-7(2,3,4,5)6;/h17-30,39-42,51-52H,11-16H2,1-10H3;;/q;-1;/t39-,40+,41-,42-;;/m0../s1. The van der Waals surface area contributed by atoms with Crippen molar-refractivity contribution < 1.29 is 52.5 Å². The molecular formula is C48H62F6MnN2O2P-. The van der Waals surface area contributed by atoms with E-state index in [1.54, 1.807) is 0 Å². The van der Waals surface area contributed by atoms with E-state index in [2.05, 4.69) is 130 Å². The number of benzene rings is 4. The van der Waals surface area contributed by atoms with Gasteiger partial charge in [0.25, 0.3) is 0 Å². The minimum atomic E-state index is -10.7. The van der Waals surface area contributed by atoms with E-state index in [0.717, 1.165) is 71.9 Å². The summed E-state index contributed by atoms with van der Waals surface area (Å²) in [6.45, 7) is 22.0. The molecule has 4 atom stereocenters. The molecule has 1 radical (unpaired) electrons. The van der Waals surface area contributed by atoms with Crippen LogP contribution in [0.3, 0.4) is 0 Å². The van der Waals surface area contributed by atoms with Crippen molar-refractivity contribution >= 4 is 20.2 Å². The Kier molecular flexibility index (Phi) is 15.9. The Labute approximate surface area is 363 Å². The van der Waals surface area contributed by atoms with Crippen LogP contribution in [0, 0.1) is 13.8 Å². The number of halogens is 6. The Balaban J connectivity index is 0.00000110. The fourth-order valence-electron chi connectivity index (χ4n) is 7.97. The van der Waals surface area contributed by atoms with E-state index >= 15 is 0 Å². The van der Waals surface area contributed by atoms with Gasteiger partial charge < -0.3 is 10.2 Å². The van der Waals surface area contributed by atoms with E-state index in [-0.39, 0.29) is 51.8 Å². The maximum atomic E-state index is 11.7. The normalized spacial score (nSPS) is 18.5. The molecule has 1 saturated carbocycles. The van der Waals surface area contributed by atoms with Crippen LogP contribution in [0.25, 0.3) is 0 Å². The van der Waals surface area contributed by atoms with Crippen molar-refractivity contribution in [2.75, 3.05) is 0 Å². The Bertz CT molecular complexity index is 1970. The summed E-state index contributed by atoms with van der Waals surface area (Å²) in [5.74, 6) is 0.831. The Morgan fingerprint density at radius 3 is 1.15 bits per heavy atom. The Hall–Kier alpha value is -3.65. The summed E-state index contributed by atoms with van der Waals surface area (Å²) in [7, 11) is -10.7. The third-order valence-corrected chi connectivity index (χ3v) is 11.3. The van der Waals surface area contributed by atoms with Gasteiger partial charge in [0, 0.05) is 63.6 Å². The first-order chi connectivity index (χ1) is 27.1. The number of hydrogen-bond donors (Lipinski definition) is 2. The van der Waals surface area contributed by atoms with E-state index in [4.69, 9.17) is 9.98 Å². The molecule has 12 heteroatoms. The number of aryl methyl sites for hydroxylation is 2. The quantitative estimate of drug-likeness (QED) is 0.0721. The third-order valence-electron chi connectivity index (χ3n) is 11.3. The Morgan fingerprint density at radius 1 is 0.583 bits per heavy atom. The van der Waals surface area contributed by atoms with Crippen LogP contribution in [0.1, 0.15) is 161 Å². The molecule has 0 amide bonds. The van der Waals surface area contributed by atoms with Gasteiger partial charge in [-0.3, -0.25) is 9.98 Å². The summed E-state index contributed by atoms with van der Waals surface area (Å²) in [6, 6.07) is 26.0. The van der Waals surface area contributed by atoms with E-state index < -0.39 is 7.81 Å². The monoisotopic (exact) mass is 898 g/mol. The molecule has 60 heavy (non-hydrogen) atoms. The van der Waals surface area contributed by atoms with Gasteiger partial charge in [0.1, 0.15) is 11.5 Å². The third kappa shape index (κ3) is 14.5. The molecule has 331 valence electrons. The maximum absolute atomic E-state index is 11.7. The minimum Gasteiger partial charge on any atom is 0 e. The largest absolute Gasteiger partial charge is 0 e. The number of hydrogen-bond acceptors (Lipinski definition) is 4. The molecule has 0 heterocycles. The van der Waals surface area contributed by atoms with E-state index in [1.807, 2.05) is 24.6 Å². The molecule has 0 aromatic heterocycles. The van der Waals surface area contributed by atoms with Crippen molar-refractivity contribution in [3.63, 3.8) is 0 Å². The molecule has 1 aliphatic carbocycles. The average Bonchev–Trinajstić information content (AvgIpc) is 3.13. The summed E-state index contributed by atoms with van der Waals surface area (Å²) in [4.78, 5) is 10.1. The average molecular weight is 899 g/mol. The topological polar surface area (TPSA) is 65.2 Å². The zero-order chi connectivity index (χ0) is 44.2. The Morgan fingerprint density at radius 2 is 0.883 bits per heavy atom. The first-order valence-electron chi connectivity index (χ1n) is 20.6. The summed E-state index contributed by atoms with van der Waals surface area (Å²) < 4.78 is 59.2. The van der Waals surface area contributed by atoms with Crippen molar-refractivity contribution in [1.82, 2.24) is 0 Å². The van der Waals surface area contributed by atoms with Crippen LogP contribution in [-0.2, 0) is 27.9 Å². The fraction of sp³-hybridized carbons (Fsp3) is 0.458. The predicted octanol–water partition coefficient (Wildman–Crippen LogP) is 15.6. The van der Waals surface area contributed by atoms with Gasteiger partial charge in [-0.15, -0.1) is 0 Å². The molecule has 0 bridgehead atoms. The van der Waals surface area contributed by atoms with Gasteiger partial charge >= 0.3 is 33.0 Å². The van der Waals surface area contributed by atoms with E-state index in [0.29, 0.717) is 11.5 Å². The van der Waals surface area contributed by atoms with Gasteiger partial charge in [-0.25, -0.2) is 0 Å². The first kappa shape index (κ1) is 50.7. The summed E-state index contributed by atoms with van der Waals surface area (Å²) in [5, 5.41) is 23.4. The molecule has 1 aliphatic rings. The van der Waals surface area contributed by atoms with Gasteiger partial charge in [0.2, 0.25) is 0 Å².